The smallest absolute Gasteiger partial charge is 0.251 e. The molecule has 0 saturated heterocycles. The number of halogens is 1. The van der Waals surface area contributed by atoms with Crippen molar-refractivity contribution >= 4 is 23.2 Å². The number of nitrogens with two attached hydrogens (primary N) is 1. The van der Waals surface area contributed by atoms with Gasteiger partial charge >= 0.3 is 0 Å². The fourth-order valence-corrected chi connectivity index (χ4v) is 2.72. The number of nitrogens with one attached hydrogen (secondary N) is 1. The Hall–Kier alpha value is -1.22. The molecule has 0 unspecified atom stereocenters. The number of hydrogen-bond acceptors (Lipinski definition) is 2. The number of rotatable bonds is 12. The minimum atomic E-state index is -0.0794. The zero-order valence-corrected chi connectivity index (χ0v) is 15.1. The molecule has 0 aliphatic rings. The maximum absolute atomic E-state index is 12.0. The van der Waals surface area contributed by atoms with E-state index in [1.807, 2.05) is 0 Å². The van der Waals surface area contributed by atoms with Crippen LogP contribution in [-0.2, 0) is 0 Å². The molecule has 4 heteroatoms. The second-order valence-electron chi connectivity index (χ2n) is 6.17. The van der Waals surface area contributed by atoms with Crippen LogP contribution < -0.4 is 11.1 Å². The Labute approximate surface area is 146 Å². The van der Waals surface area contributed by atoms with Crippen molar-refractivity contribution in [2.75, 3.05) is 12.3 Å². The van der Waals surface area contributed by atoms with E-state index in [1.54, 1.807) is 18.2 Å². The van der Waals surface area contributed by atoms with Crippen LogP contribution in [0.15, 0.2) is 18.2 Å². The largest absolute Gasteiger partial charge is 0.398 e. The van der Waals surface area contributed by atoms with Crippen LogP contribution in [0.4, 0.5) is 5.69 Å². The van der Waals surface area contributed by atoms with E-state index in [4.69, 9.17) is 17.3 Å². The number of carbonyl (C=O) groups is 1. The quantitative estimate of drug-likeness (QED) is 0.386. The second kappa shape index (κ2) is 12.2. The molecule has 1 aromatic carbocycles. The fourth-order valence-electron chi connectivity index (χ4n) is 2.60. The summed E-state index contributed by atoms with van der Waals surface area (Å²) in [6.07, 6.45) is 13.0. The van der Waals surface area contributed by atoms with Crippen LogP contribution in [-0.4, -0.2) is 12.5 Å². The van der Waals surface area contributed by atoms with E-state index in [9.17, 15) is 4.79 Å². The molecule has 0 atom stereocenters. The Morgan fingerprint density at radius 1 is 1.00 bits per heavy atom. The van der Waals surface area contributed by atoms with Crippen molar-refractivity contribution in [2.24, 2.45) is 0 Å². The van der Waals surface area contributed by atoms with Gasteiger partial charge in [0.15, 0.2) is 0 Å². The van der Waals surface area contributed by atoms with Crippen molar-refractivity contribution in [3.8, 4) is 0 Å². The highest BCUT2D eigenvalue weighted by Crippen LogP contribution is 2.19. The topological polar surface area (TPSA) is 55.1 Å². The van der Waals surface area contributed by atoms with Gasteiger partial charge in [0.25, 0.3) is 5.91 Å². The van der Waals surface area contributed by atoms with E-state index in [0.29, 0.717) is 16.3 Å². The van der Waals surface area contributed by atoms with E-state index >= 15 is 0 Å². The van der Waals surface area contributed by atoms with E-state index in [-0.39, 0.29) is 5.91 Å². The summed E-state index contributed by atoms with van der Waals surface area (Å²) in [7, 11) is 0. The van der Waals surface area contributed by atoms with Crippen LogP contribution >= 0.6 is 11.6 Å². The van der Waals surface area contributed by atoms with Crippen molar-refractivity contribution in [2.45, 2.75) is 71.1 Å². The molecule has 0 saturated carbocycles. The molecule has 130 valence electrons. The highest BCUT2D eigenvalue weighted by atomic mass is 35.5. The molecule has 0 bridgehead atoms. The summed E-state index contributed by atoms with van der Waals surface area (Å²) in [6, 6.07) is 4.98. The van der Waals surface area contributed by atoms with E-state index < -0.39 is 0 Å². The lowest BCUT2D eigenvalue weighted by Gasteiger charge is -2.07. The van der Waals surface area contributed by atoms with Crippen LogP contribution in [0.3, 0.4) is 0 Å². The van der Waals surface area contributed by atoms with E-state index in [1.165, 1.54) is 57.8 Å². The average Bonchev–Trinajstić information content (AvgIpc) is 2.55. The molecule has 0 fully saturated rings. The summed E-state index contributed by atoms with van der Waals surface area (Å²) in [5.41, 5.74) is 6.72. The van der Waals surface area contributed by atoms with Crippen molar-refractivity contribution in [3.05, 3.63) is 28.8 Å². The first kappa shape index (κ1) is 19.8. The number of unbranched alkanes of at least 4 members (excludes halogenated alkanes) is 9. The highest BCUT2D eigenvalue weighted by Gasteiger charge is 2.06. The van der Waals surface area contributed by atoms with E-state index in [2.05, 4.69) is 12.2 Å². The Morgan fingerprint density at radius 3 is 2.13 bits per heavy atom. The maximum atomic E-state index is 12.0. The summed E-state index contributed by atoms with van der Waals surface area (Å²) >= 11 is 5.85. The van der Waals surface area contributed by atoms with Crippen LogP contribution in [0.2, 0.25) is 5.02 Å². The van der Waals surface area contributed by atoms with Crippen LogP contribution in [0.25, 0.3) is 0 Å². The van der Waals surface area contributed by atoms with Gasteiger partial charge in [0, 0.05) is 12.1 Å². The van der Waals surface area contributed by atoms with E-state index in [0.717, 1.165) is 13.0 Å². The number of nitrogen functional groups attached to an aromatic ring is 1. The monoisotopic (exact) mass is 338 g/mol. The molecule has 1 amide bonds. The second-order valence-corrected chi connectivity index (χ2v) is 6.58. The molecule has 0 radical (unpaired) electrons. The Morgan fingerprint density at radius 2 is 1.57 bits per heavy atom. The maximum Gasteiger partial charge on any atom is 0.251 e. The molecule has 0 aliphatic carbocycles. The molecular weight excluding hydrogens is 308 g/mol. The third-order valence-corrected chi connectivity index (χ3v) is 4.42. The van der Waals surface area contributed by atoms with Crippen molar-refractivity contribution in [3.63, 3.8) is 0 Å². The first-order valence-corrected chi connectivity index (χ1v) is 9.36. The summed E-state index contributed by atoms with van der Waals surface area (Å²) in [4.78, 5) is 12.0. The summed E-state index contributed by atoms with van der Waals surface area (Å²) in [5.74, 6) is -0.0794. The van der Waals surface area contributed by atoms with Crippen molar-refractivity contribution < 1.29 is 4.79 Å². The first-order valence-electron chi connectivity index (χ1n) is 8.98. The zero-order valence-electron chi connectivity index (χ0n) is 14.4. The SMILES string of the molecule is CCCCCCCCCCCCNC(=O)c1ccc(Cl)c(N)c1. The normalized spacial score (nSPS) is 10.7. The third-order valence-electron chi connectivity index (χ3n) is 4.07. The number of carbonyl (C=O) groups excluding carboxylic acids is 1. The lowest BCUT2D eigenvalue weighted by atomic mass is 10.1. The van der Waals surface area contributed by atoms with Gasteiger partial charge in [-0.15, -0.1) is 0 Å². The van der Waals surface area contributed by atoms with Gasteiger partial charge in [-0.05, 0) is 24.6 Å². The number of hydrogen-bond donors (Lipinski definition) is 2. The van der Waals surface area contributed by atoms with Crippen molar-refractivity contribution in [1.82, 2.24) is 5.32 Å². The van der Waals surface area contributed by atoms with Gasteiger partial charge in [-0.1, -0.05) is 76.3 Å². The molecule has 3 nitrogen and oxygen atoms in total. The van der Waals surface area contributed by atoms with Crippen LogP contribution in [0.5, 0.6) is 0 Å². The predicted octanol–water partition coefficient (Wildman–Crippen LogP) is 5.57. The number of benzene rings is 1. The summed E-state index contributed by atoms with van der Waals surface area (Å²) in [6.45, 7) is 2.97. The molecular formula is C19H31ClN2O. The zero-order chi connectivity index (χ0) is 16.9. The van der Waals surface area contributed by atoms with Gasteiger partial charge in [-0.25, -0.2) is 0 Å². The fraction of sp³-hybridized carbons (Fsp3) is 0.632. The highest BCUT2D eigenvalue weighted by molar-refractivity contribution is 6.33. The van der Waals surface area contributed by atoms with Gasteiger partial charge in [0.2, 0.25) is 0 Å². The van der Waals surface area contributed by atoms with Crippen LogP contribution in [0, 0.1) is 0 Å². The number of amides is 1. The minimum absolute atomic E-state index is 0.0794. The molecule has 3 N–H and O–H groups in total. The molecule has 0 spiro atoms. The molecule has 23 heavy (non-hydrogen) atoms. The standard InChI is InChI=1S/C19H31ClN2O/c1-2-3-4-5-6-7-8-9-10-11-14-22-19(23)16-12-13-17(20)18(21)15-16/h12-13,15H,2-11,14,21H2,1H3,(H,22,23). The first-order chi connectivity index (χ1) is 11.1. The third kappa shape index (κ3) is 8.85. The Bertz CT molecular complexity index is 463. The average molecular weight is 339 g/mol. The number of anilines is 1. The molecule has 1 aromatic rings. The summed E-state index contributed by atoms with van der Waals surface area (Å²) in [5, 5.41) is 3.42. The molecule has 1 rings (SSSR count). The molecule has 0 heterocycles. The van der Waals surface area contributed by atoms with Gasteiger partial charge in [0.1, 0.15) is 0 Å². The van der Waals surface area contributed by atoms with Gasteiger partial charge < -0.3 is 11.1 Å². The molecule has 0 aromatic heterocycles. The molecule has 0 aliphatic heterocycles. The van der Waals surface area contributed by atoms with Gasteiger partial charge in [-0.2, -0.15) is 0 Å². The van der Waals surface area contributed by atoms with Crippen LogP contribution in [0.1, 0.15) is 81.5 Å². The van der Waals surface area contributed by atoms with Crippen molar-refractivity contribution in [1.29, 1.82) is 0 Å². The lowest BCUT2D eigenvalue weighted by molar-refractivity contribution is 0.0953. The predicted molar refractivity (Wildman–Crippen MR) is 100 cm³/mol. The van der Waals surface area contributed by atoms with Gasteiger partial charge in [0.05, 0.1) is 10.7 Å². The lowest BCUT2D eigenvalue weighted by Crippen LogP contribution is -2.24. The Balaban J connectivity index is 2.00. The van der Waals surface area contributed by atoms with Gasteiger partial charge in [-0.3, -0.25) is 4.79 Å². The summed E-state index contributed by atoms with van der Waals surface area (Å²) < 4.78 is 0. The minimum Gasteiger partial charge on any atom is -0.398 e. The Kier molecular flexibility index (Phi) is 10.5.